The molecule has 1 aliphatic carbocycles. The molecule has 2 N–H and O–H groups in total. The Bertz CT molecular complexity index is 599. The molecule has 6 heteroatoms. The number of guanidine groups is 1. The highest BCUT2D eigenvalue weighted by atomic mass is 19.2. The molecule has 1 saturated carbocycles. The van der Waals surface area contributed by atoms with E-state index in [0.29, 0.717) is 12.0 Å². The fourth-order valence-corrected chi connectivity index (χ4v) is 3.70. The molecular formula is C19H28F2N4. The first-order valence-electron chi connectivity index (χ1n) is 9.40. The molecule has 0 amide bonds. The van der Waals surface area contributed by atoms with Gasteiger partial charge in [0.2, 0.25) is 0 Å². The van der Waals surface area contributed by atoms with Crippen LogP contribution in [0, 0.1) is 17.6 Å². The fraction of sp³-hybridized carbons (Fsp3) is 0.632. The van der Waals surface area contributed by atoms with Crippen molar-refractivity contribution in [3.8, 4) is 0 Å². The maximum atomic E-state index is 13.4. The van der Waals surface area contributed by atoms with E-state index >= 15 is 0 Å². The molecule has 0 spiro atoms. The second-order valence-electron chi connectivity index (χ2n) is 7.04. The molecule has 1 aromatic rings. The smallest absolute Gasteiger partial charge is 0.191 e. The number of aliphatic imine (C=N–C) groups is 1. The third-order valence-corrected chi connectivity index (χ3v) is 5.10. The second-order valence-corrected chi connectivity index (χ2v) is 7.04. The van der Waals surface area contributed by atoms with Gasteiger partial charge in [0.05, 0.1) is 0 Å². The van der Waals surface area contributed by atoms with Crippen LogP contribution in [-0.4, -0.2) is 38.2 Å². The van der Waals surface area contributed by atoms with E-state index < -0.39 is 11.6 Å². The molecule has 1 saturated heterocycles. The molecule has 4 nitrogen and oxygen atoms in total. The van der Waals surface area contributed by atoms with Crippen molar-refractivity contribution in [2.24, 2.45) is 10.9 Å². The van der Waals surface area contributed by atoms with Crippen molar-refractivity contribution in [1.29, 1.82) is 0 Å². The predicted molar refractivity (Wildman–Crippen MR) is 98.0 cm³/mol. The van der Waals surface area contributed by atoms with Gasteiger partial charge in [-0.2, -0.15) is 0 Å². The number of rotatable bonds is 5. The van der Waals surface area contributed by atoms with E-state index in [1.165, 1.54) is 37.8 Å². The summed E-state index contributed by atoms with van der Waals surface area (Å²) in [6.07, 6.45) is 6.05. The molecule has 1 atom stereocenters. The highest BCUT2D eigenvalue weighted by Crippen LogP contribution is 2.25. The largest absolute Gasteiger partial charge is 0.371 e. The van der Waals surface area contributed by atoms with Gasteiger partial charge in [-0.25, -0.2) is 8.78 Å². The molecular weight excluding hydrogens is 322 g/mol. The van der Waals surface area contributed by atoms with E-state index in [9.17, 15) is 8.78 Å². The van der Waals surface area contributed by atoms with E-state index in [1.807, 2.05) is 0 Å². The minimum atomic E-state index is -0.794. The Morgan fingerprint density at radius 2 is 2.00 bits per heavy atom. The van der Waals surface area contributed by atoms with Crippen molar-refractivity contribution in [2.45, 2.75) is 45.1 Å². The lowest BCUT2D eigenvalue weighted by molar-refractivity contribution is 0.508. The molecule has 1 aromatic carbocycles. The Kier molecular flexibility index (Phi) is 6.10. The van der Waals surface area contributed by atoms with Crippen LogP contribution in [0.15, 0.2) is 23.2 Å². The van der Waals surface area contributed by atoms with Crippen LogP contribution in [0.25, 0.3) is 0 Å². The molecule has 1 unspecified atom stereocenters. The minimum absolute atomic E-state index is 0.437. The Hall–Kier alpha value is -1.85. The predicted octanol–water partition coefficient (Wildman–Crippen LogP) is 3.29. The standard InChI is InChI=1S/C19H28F2N4/c1-2-22-19(24-15-5-3-4-6-15)23-12-14-9-10-25(13-14)16-7-8-17(20)18(21)11-16/h7-8,11,14-15H,2-6,9-10,12-13H2,1H3,(H2,22,23,24). The van der Waals surface area contributed by atoms with Gasteiger partial charge in [0.25, 0.3) is 0 Å². The summed E-state index contributed by atoms with van der Waals surface area (Å²) < 4.78 is 26.5. The Labute approximate surface area is 148 Å². The molecule has 0 radical (unpaired) electrons. The van der Waals surface area contributed by atoms with Crippen LogP contribution in [0.5, 0.6) is 0 Å². The van der Waals surface area contributed by atoms with Crippen LogP contribution < -0.4 is 15.5 Å². The van der Waals surface area contributed by atoms with Gasteiger partial charge >= 0.3 is 0 Å². The zero-order chi connectivity index (χ0) is 17.6. The first kappa shape index (κ1) is 18.0. The molecule has 25 heavy (non-hydrogen) atoms. The van der Waals surface area contributed by atoms with Gasteiger partial charge in [-0.15, -0.1) is 0 Å². The summed E-state index contributed by atoms with van der Waals surface area (Å²) in [7, 11) is 0. The summed E-state index contributed by atoms with van der Waals surface area (Å²) in [6, 6.07) is 4.67. The van der Waals surface area contributed by atoms with Crippen molar-refractivity contribution < 1.29 is 8.78 Å². The number of hydrogen-bond acceptors (Lipinski definition) is 2. The number of anilines is 1. The van der Waals surface area contributed by atoms with E-state index in [-0.39, 0.29) is 0 Å². The van der Waals surface area contributed by atoms with Gasteiger partial charge in [0.1, 0.15) is 0 Å². The van der Waals surface area contributed by atoms with Crippen LogP contribution in [-0.2, 0) is 0 Å². The summed E-state index contributed by atoms with van der Waals surface area (Å²) >= 11 is 0. The number of nitrogens with zero attached hydrogens (tertiary/aromatic N) is 2. The third-order valence-electron chi connectivity index (χ3n) is 5.10. The molecule has 2 fully saturated rings. The second kappa shape index (κ2) is 8.50. The summed E-state index contributed by atoms with van der Waals surface area (Å²) in [5.74, 6) is -0.237. The van der Waals surface area contributed by atoms with Gasteiger partial charge in [0, 0.05) is 44.0 Å². The quantitative estimate of drug-likeness (QED) is 0.632. The number of hydrogen-bond donors (Lipinski definition) is 2. The van der Waals surface area contributed by atoms with Crippen LogP contribution in [0.4, 0.5) is 14.5 Å². The van der Waals surface area contributed by atoms with Crippen molar-refractivity contribution >= 4 is 11.6 Å². The average molecular weight is 350 g/mol. The van der Waals surface area contributed by atoms with E-state index in [0.717, 1.165) is 44.2 Å². The zero-order valence-electron chi connectivity index (χ0n) is 14.9. The van der Waals surface area contributed by atoms with Gasteiger partial charge in [-0.3, -0.25) is 4.99 Å². The summed E-state index contributed by atoms with van der Waals surface area (Å²) in [4.78, 5) is 6.86. The van der Waals surface area contributed by atoms with Crippen LogP contribution >= 0.6 is 0 Å². The number of halogens is 2. The van der Waals surface area contributed by atoms with E-state index in [4.69, 9.17) is 4.99 Å². The third kappa shape index (κ3) is 4.83. The van der Waals surface area contributed by atoms with Gasteiger partial charge in [-0.05, 0) is 44.2 Å². The Balaban J connectivity index is 1.54. The number of benzene rings is 1. The van der Waals surface area contributed by atoms with Crippen LogP contribution in [0.3, 0.4) is 0 Å². The van der Waals surface area contributed by atoms with Crippen LogP contribution in [0.2, 0.25) is 0 Å². The SMILES string of the molecule is CCNC(=NCC1CCN(c2ccc(F)c(F)c2)C1)NC1CCCC1. The Morgan fingerprint density at radius 1 is 1.20 bits per heavy atom. The lowest BCUT2D eigenvalue weighted by Gasteiger charge is -2.19. The molecule has 1 heterocycles. The summed E-state index contributed by atoms with van der Waals surface area (Å²) in [5.41, 5.74) is 0.751. The van der Waals surface area contributed by atoms with E-state index in [2.05, 4.69) is 22.5 Å². The molecule has 2 aliphatic rings. The van der Waals surface area contributed by atoms with Crippen molar-refractivity contribution in [3.63, 3.8) is 0 Å². The molecule has 3 rings (SSSR count). The van der Waals surface area contributed by atoms with Gasteiger partial charge < -0.3 is 15.5 Å². The molecule has 0 aromatic heterocycles. The normalized spacial score (nSPS) is 21.8. The fourth-order valence-electron chi connectivity index (χ4n) is 3.70. The maximum absolute atomic E-state index is 13.4. The highest BCUT2D eigenvalue weighted by Gasteiger charge is 2.23. The minimum Gasteiger partial charge on any atom is -0.371 e. The van der Waals surface area contributed by atoms with Crippen LogP contribution in [0.1, 0.15) is 39.0 Å². The first-order valence-corrected chi connectivity index (χ1v) is 9.40. The van der Waals surface area contributed by atoms with Crippen molar-refractivity contribution in [2.75, 3.05) is 31.1 Å². The van der Waals surface area contributed by atoms with Crippen molar-refractivity contribution in [1.82, 2.24) is 10.6 Å². The lowest BCUT2D eigenvalue weighted by atomic mass is 10.1. The monoisotopic (exact) mass is 350 g/mol. The Morgan fingerprint density at radius 3 is 2.72 bits per heavy atom. The lowest BCUT2D eigenvalue weighted by Crippen LogP contribution is -2.42. The molecule has 138 valence electrons. The maximum Gasteiger partial charge on any atom is 0.191 e. The number of nitrogens with one attached hydrogen (secondary N) is 2. The summed E-state index contributed by atoms with van der Waals surface area (Å²) in [5, 5.41) is 6.86. The highest BCUT2D eigenvalue weighted by molar-refractivity contribution is 5.80. The zero-order valence-corrected chi connectivity index (χ0v) is 14.9. The van der Waals surface area contributed by atoms with Crippen molar-refractivity contribution in [3.05, 3.63) is 29.8 Å². The van der Waals surface area contributed by atoms with Gasteiger partial charge in [-0.1, -0.05) is 12.8 Å². The van der Waals surface area contributed by atoms with Gasteiger partial charge in [0.15, 0.2) is 17.6 Å². The first-order chi connectivity index (χ1) is 12.2. The summed E-state index contributed by atoms with van der Waals surface area (Å²) in [6.45, 7) is 5.37. The average Bonchev–Trinajstić information content (AvgIpc) is 3.27. The molecule has 1 aliphatic heterocycles. The molecule has 0 bridgehead atoms. The van der Waals surface area contributed by atoms with E-state index in [1.54, 1.807) is 6.07 Å². The topological polar surface area (TPSA) is 39.7 Å².